The highest BCUT2D eigenvalue weighted by Gasteiger charge is 2.27. The van der Waals surface area contributed by atoms with Crippen LogP contribution in [0.1, 0.15) is 40.6 Å². The number of para-hydroxylation sites is 1. The molecule has 3 heterocycles. The summed E-state index contributed by atoms with van der Waals surface area (Å²) in [4.78, 5) is 19.3. The second kappa shape index (κ2) is 10.6. The number of aromatic nitrogens is 3. The maximum atomic E-state index is 13.1. The summed E-state index contributed by atoms with van der Waals surface area (Å²) < 4.78 is 16.7. The van der Waals surface area contributed by atoms with Crippen LogP contribution in [-0.4, -0.2) is 46.2 Å². The van der Waals surface area contributed by atoms with Gasteiger partial charge in [-0.25, -0.2) is 4.98 Å². The second-order valence-corrected chi connectivity index (χ2v) is 7.71. The molecule has 1 aliphatic heterocycles. The number of ether oxygens (including phenoxy) is 3. The van der Waals surface area contributed by atoms with E-state index in [0.717, 1.165) is 18.5 Å². The first-order valence-corrected chi connectivity index (χ1v) is 11.0. The van der Waals surface area contributed by atoms with E-state index in [1.54, 1.807) is 24.2 Å². The van der Waals surface area contributed by atoms with Crippen molar-refractivity contribution in [2.24, 2.45) is 0 Å². The van der Waals surface area contributed by atoms with Gasteiger partial charge in [-0.1, -0.05) is 31.4 Å². The van der Waals surface area contributed by atoms with Crippen LogP contribution in [0.5, 0.6) is 23.0 Å². The maximum Gasteiger partial charge on any atom is 0.272 e. The molecule has 1 aromatic carbocycles. The van der Waals surface area contributed by atoms with E-state index in [0.29, 0.717) is 41.8 Å². The zero-order valence-corrected chi connectivity index (χ0v) is 19.0. The van der Waals surface area contributed by atoms with Crippen molar-refractivity contribution in [3.8, 4) is 23.0 Å². The molecule has 0 atom stereocenters. The van der Waals surface area contributed by atoms with Gasteiger partial charge in [-0.15, -0.1) is 5.10 Å². The van der Waals surface area contributed by atoms with Crippen LogP contribution in [0.4, 0.5) is 0 Å². The highest BCUT2D eigenvalue weighted by Crippen LogP contribution is 2.33. The highest BCUT2D eigenvalue weighted by atomic mass is 16.5. The third kappa shape index (κ3) is 5.06. The largest absolute Gasteiger partial charge is 0.494 e. The Labute approximate surface area is 198 Å². The van der Waals surface area contributed by atoms with Crippen LogP contribution in [0, 0.1) is 0 Å². The van der Waals surface area contributed by atoms with E-state index < -0.39 is 0 Å². The van der Waals surface area contributed by atoms with Crippen LogP contribution in [0.2, 0.25) is 0 Å². The number of rotatable bonds is 8. The third-order valence-corrected chi connectivity index (χ3v) is 5.65. The predicted molar refractivity (Wildman–Crippen MR) is 128 cm³/mol. The van der Waals surface area contributed by atoms with Crippen molar-refractivity contribution in [1.82, 2.24) is 20.1 Å². The summed E-state index contributed by atoms with van der Waals surface area (Å²) in [6.45, 7) is 8.50. The van der Waals surface area contributed by atoms with Gasteiger partial charge in [0.1, 0.15) is 22.9 Å². The minimum Gasteiger partial charge on any atom is -0.494 e. The molecule has 1 fully saturated rings. The molecule has 2 aromatic heterocycles. The van der Waals surface area contributed by atoms with Crippen molar-refractivity contribution in [2.45, 2.75) is 18.8 Å². The Morgan fingerprint density at radius 1 is 1.06 bits per heavy atom. The Hall–Kier alpha value is -4.20. The summed E-state index contributed by atoms with van der Waals surface area (Å²) in [6, 6.07) is 12.8. The lowest BCUT2D eigenvalue weighted by Gasteiger charge is -2.31. The smallest absolute Gasteiger partial charge is 0.272 e. The molecule has 0 radical (unpaired) electrons. The first-order chi connectivity index (χ1) is 16.6. The number of carbonyl (C=O) groups is 1. The van der Waals surface area contributed by atoms with Crippen molar-refractivity contribution in [1.29, 1.82) is 0 Å². The Balaban J connectivity index is 1.45. The fourth-order valence-corrected chi connectivity index (χ4v) is 3.86. The second-order valence-electron chi connectivity index (χ2n) is 7.71. The number of piperidine rings is 1. The number of amides is 1. The van der Waals surface area contributed by atoms with Gasteiger partial charge < -0.3 is 19.1 Å². The molecule has 1 saturated heterocycles. The van der Waals surface area contributed by atoms with Gasteiger partial charge in [0.25, 0.3) is 5.91 Å². The zero-order chi connectivity index (χ0) is 23.9. The number of nitrogens with zero attached hydrogens (tertiary/aromatic N) is 4. The van der Waals surface area contributed by atoms with Gasteiger partial charge in [0.15, 0.2) is 11.5 Å². The number of hydrogen-bond acceptors (Lipinski definition) is 7. The number of likely N-dealkylation sites (tertiary alicyclic amines) is 1. The zero-order valence-electron chi connectivity index (χ0n) is 19.0. The maximum absolute atomic E-state index is 13.1. The first kappa shape index (κ1) is 23.0. The summed E-state index contributed by atoms with van der Waals surface area (Å²) in [5, 5.41) is 8.52. The minimum absolute atomic E-state index is 0.163. The van der Waals surface area contributed by atoms with Crippen LogP contribution in [0.25, 0.3) is 6.08 Å². The Morgan fingerprint density at radius 3 is 2.50 bits per heavy atom. The molecule has 1 amide bonds. The molecular formula is C26H26N4O4. The molecule has 8 heteroatoms. The lowest BCUT2D eigenvalue weighted by molar-refractivity contribution is 0.0705. The van der Waals surface area contributed by atoms with Gasteiger partial charge in [-0.05, 0) is 31.1 Å². The summed E-state index contributed by atoms with van der Waals surface area (Å²) in [6.07, 6.45) is 5.93. The quantitative estimate of drug-likeness (QED) is 0.446. The fourth-order valence-electron chi connectivity index (χ4n) is 3.86. The molecule has 3 aromatic rings. The highest BCUT2D eigenvalue weighted by molar-refractivity contribution is 5.93. The van der Waals surface area contributed by atoms with Crippen molar-refractivity contribution in [2.75, 3.05) is 20.2 Å². The Bertz CT molecular complexity index is 1170. The molecule has 4 rings (SSSR count). The summed E-state index contributed by atoms with van der Waals surface area (Å²) >= 11 is 0. The van der Waals surface area contributed by atoms with Crippen LogP contribution < -0.4 is 14.2 Å². The van der Waals surface area contributed by atoms with Crippen LogP contribution in [0.15, 0.2) is 68.1 Å². The van der Waals surface area contributed by atoms with Gasteiger partial charge in [-0.2, -0.15) is 5.10 Å². The van der Waals surface area contributed by atoms with Gasteiger partial charge in [-0.3, -0.25) is 4.79 Å². The van der Waals surface area contributed by atoms with E-state index in [4.69, 9.17) is 14.2 Å². The number of pyridine rings is 1. The lowest BCUT2D eigenvalue weighted by atomic mass is 9.93. The van der Waals surface area contributed by atoms with E-state index in [2.05, 4.69) is 28.3 Å². The monoisotopic (exact) mass is 458 g/mol. The standard InChI is InChI=1S/C26H26N4O4/c1-4-20-23(32-3)15-21(29-28-20)18-11-13-30(14-12-18)26(31)22-16-24(33-5-2)25(17-27-22)34-19-9-7-6-8-10-19/h4-10,15-18H,1-2,11-14H2,3H3. The summed E-state index contributed by atoms with van der Waals surface area (Å²) in [5.74, 6) is 2.09. The van der Waals surface area contributed by atoms with Crippen LogP contribution in [-0.2, 0) is 0 Å². The van der Waals surface area contributed by atoms with Gasteiger partial charge >= 0.3 is 0 Å². The van der Waals surface area contributed by atoms with Gasteiger partial charge in [0.05, 0.1) is 25.3 Å². The normalized spacial score (nSPS) is 13.7. The summed E-state index contributed by atoms with van der Waals surface area (Å²) in [7, 11) is 1.60. The van der Waals surface area contributed by atoms with E-state index in [-0.39, 0.29) is 17.5 Å². The Morgan fingerprint density at radius 2 is 1.82 bits per heavy atom. The molecule has 0 N–H and O–H groups in total. The topological polar surface area (TPSA) is 86.7 Å². The fraction of sp³-hybridized carbons (Fsp3) is 0.231. The van der Waals surface area contributed by atoms with E-state index in [9.17, 15) is 4.79 Å². The third-order valence-electron chi connectivity index (χ3n) is 5.65. The van der Waals surface area contributed by atoms with E-state index >= 15 is 0 Å². The average molecular weight is 459 g/mol. The van der Waals surface area contributed by atoms with Crippen LogP contribution >= 0.6 is 0 Å². The molecule has 0 aliphatic carbocycles. The van der Waals surface area contributed by atoms with Gasteiger partial charge in [0.2, 0.25) is 0 Å². The average Bonchev–Trinajstić information content (AvgIpc) is 2.89. The molecule has 0 bridgehead atoms. The number of hydrogen-bond donors (Lipinski definition) is 0. The Kier molecular flexibility index (Phi) is 7.17. The minimum atomic E-state index is -0.163. The molecule has 34 heavy (non-hydrogen) atoms. The van der Waals surface area contributed by atoms with E-state index in [1.165, 1.54) is 12.5 Å². The van der Waals surface area contributed by atoms with Crippen molar-refractivity contribution in [3.05, 3.63) is 85.2 Å². The molecular weight excluding hydrogens is 432 g/mol. The molecule has 8 nitrogen and oxygen atoms in total. The SMILES string of the molecule is C=COc1cc(C(=O)N2CCC(c3cc(OC)c(C=C)nn3)CC2)ncc1Oc1ccccc1. The molecule has 0 spiro atoms. The van der Waals surface area contributed by atoms with E-state index in [1.807, 2.05) is 36.4 Å². The molecule has 1 aliphatic rings. The summed E-state index contributed by atoms with van der Waals surface area (Å²) in [5.41, 5.74) is 1.76. The molecule has 0 saturated carbocycles. The lowest BCUT2D eigenvalue weighted by Crippen LogP contribution is -2.38. The number of benzene rings is 1. The van der Waals surface area contributed by atoms with Crippen molar-refractivity contribution < 1.29 is 19.0 Å². The van der Waals surface area contributed by atoms with Crippen molar-refractivity contribution in [3.63, 3.8) is 0 Å². The number of carbonyl (C=O) groups excluding carboxylic acids is 1. The van der Waals surface area contributed by atoms with Crippen LogP contribution in [0.3, 0.4) is 0 Å². The predicted octanol–water partition coefficient (Wildman–Crippen LogP) is 4.86. The number of methoxy groups -OCH3 is 1. The van der Waals surface area contributed by atoms with Crippen molar-refractivity contribution >= 4 is 12.0 Å². The van der Waals surface area contributed by atoms with Gasteiger partial charge in [0, 0.05) is 31.1 Å². The molecule has 0 unspecified atom stereocenters. The first-order valence-electron chi connectivity index (χ1n) is 11.0. The molecule has 174 valence electrons.